The molecular weight excluding hydrogens is 256 g/mol. The van der Waals surface area contributed by atoms with Gasteiger partial charge in [-0.15, -0.1) is 0 Å². The molecule has 0 aliphatic rings. The molecule has 2 rings (SSSR count). The average molecular weight is 274 g/mol. The highest BCUT2D eigenvalue weighted by Crippen LogP contribution is 2.17. The molecule has 0 spiro atoms. The lowest BCUT2D eigenvalue weighted by Gasteiger charge is -2.09. The largest absolute Gasteiger partial charge is 0.396 e. The van der Waals surface area contributed by atoms with Crippen molar-refractivity contribution in [2.45, 2.75) is 26.7 Å². The average Bonchev–Trinajstić information content (AvgIpc) is 2.67. The zero-order valence-corrected chi connectivity index (χ0v) is 12.0. The van der Waals surface area contributed by atoms with E-state index in [-0.39, 0.29) is 23.2 Å². The highest BCUT2D eigenvalue weighted by molar-refractivity contribution is 6.06. The lowest BCUT2D eigenvalue weighted by Crippen LogP contribution is -2.18. The Labute approximate surface area is 117 Å². The lowest BCUT2D eigenvalue weighted by molar-refractivity contribution is 0.102. The van der Waals surface area contributed by atoms with Crippen LogP contribution in [0.4, 0.5) is 11.4 Å². The molecule has 7 heteroatoms. The molecule has 106 valence electrons. The molecule has 3 N–H and O–H groups in total. The molecule has 0 fully saturated rings. The summed E-state index contributed by atoms with van der Waals surface area (Å²) in [5.74, 6) is 0.359. The van der Waals surface area contributed by atoms with Crippen molar-refractivity contribution in [2.24, 2.45) is 7.05 Å². The van der Waals surface area contributed by atoms with Crippen LogP contribution in [0.15, 0.2) is 12.4 Å². The number of rotatable bonds is 3. The SMILES string of the molecule is Cc1nn(C)cc1NC(=O)c1nc(C(C)C)ncc1N. The topological polar surface area (TPSA) is 98.7 Å². The normalized spacial score (nSPS) is 10.8. The summed E-state index contributed by atoms with van der Waals surface area (Å²) in [5.41, 5.74) is 7.60. The molecule has 0 saturated heterocycles. The molecule has 7 nitrogen and oxygen atoms in total. The molecule has 0 unspecified atom stereocenters. The standard InChI is InChI=1S/C13H18N6O/c1-7(2)12-15-5-9(14)11(17-12)13(20)16-10-6-19(4)18-8(10)3/h5-7H,14H2,1-4H3,(H,16,20). The highest BCUT2D eigenvalue weighted by atomic mass is 16.1. The number of nitrogens with zero attached hydrogens (tertiary/aromatic N) is 4. The summed E-state index contributed by atoms with van der Waals surface area (Å²) >= 11 is 0. The van der Waals surface area contributed by atoms with Crippen molar-refractivity contribution in [3.8, 4) is 0 Å². The Bertz CT molecular complexity index is 646. The van der Waals surface area contributed by atoms with Crippen LogP contribution in [0.5, 0.6) is 0 Å². The maximum atomic E-state index is 12.3. The van der Waals surface area contributed by atoms with Gasteiger partial charge in [-0.25, -0.2) is 9.97 Å². The number of aryl methyl sites for hydroxylation is 2. The van der Waals surface area contributed by atoms with Gasteiger partial charge < -0.3 is 11.1 Å². The minimum Gasteiger partial charge on any atom is -0.396 e. The predicted octanol–water partition coefficient (Wildman–Crippen LogP) is 1.48. The third-order valence-electron chi connectivity index (χ3n) is 2.83. The first-order chi connectivity index (χ1) is 9.38. The van der Waals surface area contributed by atoms with Crippen LogP contribution in [0.25, 0.3) is 0 Å². The van der Waals surface area contributed by atoms with Gasteiger partial charge in [0.15, 0.2) is 5.69 Å². The minimum atomic E-state index is -0.358. The fraction of sp³-hybridized carbons (Fsp3) is 0.385. The highest BCUT2D eigenvalue weighted by Gasteiger charge is 2.16. The maximum absolute atomic E-state index is 12.3. The molecule has 0 bridgehead atoms. The van der Waals surface area contributed by atoms with Crippen molar-refractivity contribution in [1.82, 2.24) is 19.7 Å². The van der Waals surface area contributed by atoms with E-state index in [2.05, 4.69) is 20.4 Å². The van der Waals surface area contributed by atoms with E-state index in [1.54, 1.807) is 17.9 Å². The lowest BCUT2D eigenvalue weighted by atomic mass is 10.2. The van der Waals surface area contributed by atoms with E-state index in [4.69, 9.17) is 5.73 Å². The van der Waals surface area contributed by atoms with E-state index >= 15 is 0 Å². The summed E-state index contributed by atoms with van der Waals surface area (Å²) in [5, 5.41) is 6.93. The van der Waals surface area contributed by atoms with Gasteiger partial charge in [0.25, 0.3) is 5.91 Å². The van der Waals surface area contributed by atoms with Gasteiger partial charge in [0, 0.05) is 19.2 Å². The summed E-state index contributed by atoms with van der Waals surface area (Å²) in [7, 11) is 1.79. The summed E-state index contributed by atoms with van der Waals surface area (Å²) in [6.45, 7) is 5.73. The van der Waals surface area contributed by atoms with Crippen molar-refractivity contribution in [3.63, 3.8) is 0 Å². The van der Waals surface area contributed by atoms with Gasteiger partial charge in [-0.3, -0.25) is 9.48 Å². The fourth-order valence-electron chi connectivity index (χ4n) is 1.77. The van der Waals surface area contributed by atoms with Crippen LogP contribution in [0.2, 0.25) is 0 Å². The first-order valence-electron chi connectivity index (χ1n) is 6.32. The summed E-state index contributed by atoms with van der Waals surface area (Å²) in [4.78, 5) is 20.6. The van der Waals surface area contributed by atoms with E-state index in [0.717, 1.165) is 5.69 Å². The van der Waals surface area contributed by atoms with Crippen LogP contribution in [-0.4, -0.2) is 25.7 Å². The maximum Gasteiger partial charge on any atom is 0.276 e. The van der Waals surface area contributed by atoms with Crippen molar-refractivity contribution >= 4 is 17.3 Å². The molecule has 2 heterocycles. The van der Waals surface area contributed by atoms with Gasteiger partial charge >= 0.3 is 0 Å². The Morgan fingerprint density at radius 1 is 1.45 bits per heavy atom. The van der Waals surface area contributed by atoms with Gasteiger partial charge in [0.1, 0.15) is 5.82 Å². The number of hydrogen-bond acceptors (Lipinski definition) is 5. The number of aromatic nitrogens is 4. The summed E-state index contributed by atoms with van der Waals surface area (Å²) in [6, 6.07) is 0. The fourth-order valence-corrected chi connectivity index (χ4v) is 1.77. The first kappa shape index (κ1) is 14.0. The summed E-state index contributed by atoms with van der Waals surface area (Å²) in [6.07, 6.45) is 3.20. The van der Waals surface area contributed by atoms with E-state index < -0.39 is 0 Å². The molecule has 0 aromatic carbocycles. The number of hydrogen-bond donors (Lipinski definition) is 2. The molecule has 0 radical (unpaired) electrons. The van der Waals surface area contributed by atoms with Gasteiger partial charge in [-0.1, -0.05) is 13.8 Å². The number of nitrogens with one attached hydrogen (secondary N) is 1. The van der Waals surface area contributed by atoms with E-state index in [9.17, 15) is 4.79 Å². The van der Waals surface area contributed by atoms with Gasteiger partial charge in [0.05, 0.1) is 23.3 Å². The first-order valence-corrected chi connectivity index (χ1v) is 6.32. The van der Waals surface area contributed by atoms with E-state index in [0.29, 0.717) is 11.5 Å². The summed E-state index contributed by atoms with van der Waals surface area (Å²) < 4.78 is 1.63. The van der Waals surface area contributed by atoms with Crippen molar-refractivity contribution in [3.05, 3.63) is 29.6 Å². The Kier molecular flexibility index (Phi) is 3.69. The van der Waals surface area contributed by atoms with Crippen molar-refractivity contribution in [2.75, 3.05) is 11.1 Å². The number of amides is 1. The smallest absolute Gasteiger partial charge is 0.276 e. The number of nitrogens with two attached hydrogens (primary N) is 1. The van der Waals surface area contributed by atoms with Crippen LogP contribution < -0.4 is 11.1 Å². The Morgan fingerprint density at radius 2 is 2.15 bits per heavy atom. The van der Waals surface area contributed by atoms with Crippen LogP contribution in [0.3, 0.4) is 0 Å². The zero-order valence-electron chi connectivity index (χ0n) is 12.0. The van der Waals surface area contributed by atoms with Gasteiger partial charge in [-0.05, 0) is 6.92 Å². The molecule has 1 amide bonds. The second-order valence-corrected chi connectivity index (χ2v) is 4.94. The molecule has 0 aliphatic carbocycles. The van der Waals surface area contributed by atoms with Crippen LogP contribution in [0.1, 0.15) is 41.8 Å². The third kappa shape index (κ3) is 2.76. The van der Waals surface area contributed by atoms with Crippen molar-refractivity contribution in [1.29, 1.82) is 0 Å². The van der Waals surface area contributed by atoms with Crippen LogP contribution in [0, 0.1) is 6.92 Å². The minimum absolute atomic E-state index is 0.127. The predicted molar refractivity (Wildman–Crippen MR) is 76.4 cm³/mol. The zero-order chi connectivity index (χ0) is 14.9. The van der Waals surface area contributed by atoms with Crippen molar-refractivity contribution < 1.29 is 4.79 Å². The monoisotopic (exact) mass is 274 g/mol. The third-order valence-corrected chi connectivity index (χ3v) is 2.83. The van der Waals surface area contributed by atoms with E-state index in [1.165, 1.54) is 6.20 Å². The molecule has 20 heavy (non-hydrogen) atoms. The number of carbonyl (C=O) groups excluding carboxylic acids is 1. The van der Waals surface area contributed by atoms with Gasteiger partial charge in [-0.2, -0.15) is 5.10 Å². The molecule has 0 aliphatic heterocycles. The molecular formula is C13H18N6O. The van der Waals surface area contributed by atoms with Gasteiger partial charge in [0.2, 0.25) is 0 Å². The Hall–Kier alpha value is -2.44. The molecule has 2 aromatic rings. The Morgan fingerprint density at radius 3 is 2.70 bits per heavy atom. The van der Waals surface area contributed by atoms with E-state index in [1.807, 2.05) is 20.8 Å². The second kappa shape index (κ2) is 5.28. The number of carbonyl (C=O) groups is 1. The van der Waals surface area contributed by atoms with Crippen LogP contribution in [-0.2, 0) is 7.05 Å². The van der Waals surface area contributed by atoms with Crippen LogP contribution >= 0.6 is 0 Å². The Balaban J connectivity index is 2.29. The number of nitrogen functional groups attached to an aromatic ring is 1. The quantitative estimate of drug-likeness (QED) is 0.883. The number of anilines is 2. The second-order valence-electron chi connectivity index (χ2n) is 4.94. The molecule has 2 aromatic heterocycles. The molecule has 0 atom stereocenters. The molecule has 0 saturated carbocycles.